The van der Waals surface area contributed by atoms with E-state index in [1.165, 1.54) is 41.3 Å². The molecule has 1 unspecified atom stereocenters. The van der Waals surface area contributed by atoms with Crippen LogP contribution in [0, 0.1) is 0 Å². The highest BCUT2D eigenvalue weighted by Gasteiger charge is 2.26. The average Bonchev–Trinajstić information content (AvgIpc) is 2.98. The summed E-state index contributed by atoms with van der Waals surface area (Å²) in [5.41, 5.74) is 0.525. The number of aromatic nitrogens is 3. The number of sulfonamides is 1. The van der Waals surface area contributed by atoms with Gasteiger partial charge in [-0.05, 0) is 30.3 Å². The number of fused-ring (bicyclic) bond motifs is 1. The zero-order chi connectivity index (χ0) is 18.9. The Balaban J connectivity index is 1.88. The molecule has 0 amide bonds. The van der Waals surface area contributed by atoms with E-state index in [9.17, 15) is 18.3 Å². The number of rotatable bonds is 6. The molecule has 0 spiro atoms. The summed E-state index contributed by atoms with van der Waals surface area (Å²) in [7, 11) is -4.09. The lowest BCUT2D eigenvalue weighted by Crippen LogP contribution is -2.43. The summed E-state index contributed by atoms with van der Waals surface area (Å²) in [6.07, 6.45) is 2.73. The Morgan fingerprint density at radius 3 is 2.69 bits per heavy atom. The number of carbonyl (C=O) groups is 1. The molecule has 2 N–H and O–H groups in total. The molecule has 8 nitrogen and oxygen atoms in total. The second-order valence-electron chi connectivity index (χ2n) is 5.38. The molecular weight excluding hydrogens is 403 g/mol. The van der Waals surface area contributed by atoms with Crippen LogP contribution in [0.15, 0.2) is 47.6 Å². The van der Waals surface area contributed by atoms with Gasteiger partial charge in [0.2, 0.25) is 10.0 Å². The van der Waals surface area contributed by atoms with Crippen LogP contribution in [-0.2, 0) is 21.4 Å². The predicted molar refractivity (Wildman–Crippen MR) is 95.7 cm³/mol. The molecule has 0 aliphatic carbocycles. The molecule has 0 aliphatic rings. The molecule has 0 bridgehead atoms. The number of aliphatic carboxylic acids is 1. The van der Waals surface area contributed by atoms with E-state index in [2.05, 4.69) is 14.8 Å². The molecule has 136 valence electrons. The van der Waals surface area contributed by atoms with E-state index in [4.69, 9.17) is 23.2 Å². The minimum absolute atomic E-state index is 0.0844. The Bertz CT molecular complexity index is 1080. The van der Waals surface area contributed by atoms with Crippen LogP contribution >= 0.6 is 23.2 Å². The molecule has 0 aliphatic heterocycles. The first-order valence-corrected chi connectivity index (χ1v) is 9.48. The average molecular weight is 415 g/mol. The van der Waals surface area contributed by atoms with E-state index in [1.807, 2.05) is 0 Å². The minimum Gasteiger partial charge on any atom is -0.480 e. The summed E-state index contributed by atoms with van der Waals surface area (Å²) in [4.78, 5) is 15.4. The SMILES string of the molecule is O=C(O)C(Cn1cc(Cl)cn1)NS(=O)(=O)c1ccc2nc(Cl)ccc2c1. The van der Waals surface area contributed by atoms with E-state index in [0.717, 1.165) is 0 Å². The standard InChI is InChI=1S/C15H12Cl2N4O4S/c16-10-6-18-21(7-10)8-13(15(22)23)20-26(24,25)11-2-3-12-9(5-11)1-4-14(17)19-12/h1-7,13,20H,8H2,(H,22,23). The van der Waals surface area contributed by atoms with Gasteiger partial charge in [-0.2, -0.15) is 9.82 Å². The fourth-order valence-electron chi connectivity index (χ4n) is 2.29. The molecule has 0 radical (unpaired) electrons. The first-order chi connectivity index (χ1) is 12.2. The van der Waals surface area contributed by atoms with Gasteiger partial charge in [0.25, 0.3) is 0 Å². The van der Waals surface area contributed by atoms with Gasteiger partial charge < -0.3 is 5.11 Å². The van der Waals surface area contributed by atoms with Gasteiger partial charge >= 0.3 is 5.97 Å². The van der Waals surface area contributed by atoms with Crippen LogP contribution in [-0.4, -0.2) is 40.3 Å². The second-order valence-corrected chi connectivity index (χ2v) is 7.92. The molecule has 2 aromatic heterocycles. The van der Waals surface area contributed by atoms with Crippen LogP contribution in [0.25, 0.3) is 10.9 Å². The summed E-state index contributed by atoms with van der Waals surface area (Å²) in [5.74, 6) is -1.34. The van der Waals surface area contributed by atoms with E-state index in [1.54, 1.807) is 6.07 Å². The Hall–Kier alpha value is -2.20. The Morgan fingerprint density at radius 1 is 1.27 bits per heavy atom. The van der Waals surface area contributed by atoms with Crippen molar-refractivity contribution in [1.82, 2.24) is 19.5 Å². The number of hydrogen-bond acceptors (Lipinski definition) is 5. The summed E-state index contributed by atoms with van der Waals surface area (Å²) in [5, 5.41) is 14.3. The molecule has 3 aromatic rings. The van der Waals surface area contributed by atoms with Crippen LogP contribution in [0.4, 0.5) is 0 Å². The number of carboxylic acids is 1. The number of benzene rings is 1. The highest BCUT2D eigenvalue weighted by Crippen LogP contribution is 2.20. The maximum absolute atomic E-state index is 12.6. The van der Waals surface area contributed by atoms with Gasteiger partial charge in [-0.3, -0.25) is 9.48 Å². The summed E-state index contributed by atoms with van der Waals surface area (Å²) in [6.45, 7) is -0.216. The molecule has 0 saturated carbocycles. The summed E-state index contributed by atoms with van der Waals surface area (Å²) in [6, 6.07) is 5.97. The third-order valence-electron chi connectivity index (χ3n) is 3.50. The van der Waals surface area contributed by atoms with Gasteiger partial charge in [-0.1, -0.05) is 23.2 Å². The van der Waals surface area contributed by atoms with E-state index in [0.29, 0.717) is 15.9 Å². The molecule has 11 heteroatoms. The molecule has 2 heterocycles. The lowest BCUT2D eigenvalue weighted by Gasteiger charge is -2.15. The van der Waals surface area contributed by atoms with Crippen LogP contribution in [0.1, 0.15) is 0 Å². The summed E-state index contributed by atoms with van der Waals surface area (Å²) >= 11 is 11.5. The van der Waals surface area contributed by atoms with Crippen molar-refractivity contribution < 1.29 is 18.3 Å². The molecule has 1 aromatic carbocycles. The third-order valence-corrected chi connectivity index (χ3v) is 5.38. The third kappa shape index (κ3) is 4.13. The fraction of sp³-hybridized carbons (Fsp3) is 0.133. The molecule has 0 saturated heterocycles. The molecule has 1 atom stereocenters. The van der Waals surface area contributed by atoms with Crippen LogP contribution < -0.4 is 4.72 Å². The molecule has 26 heavy (non-hydrogen) atoms. The first kappa shape index (κ1) is 18.6. The fourth-order valence-corrected chi connectivity index (χ4v) is 3.82. The van der Waals surface area contributed by atoms with Crippen molar-refractivity contribution in [2.45, 2.75) is 17.5 Å². The summed E-state index contributed by atoms with van der Waals surface area (Å²) < 4.78 is 28.6. The van der Waals surface area contributed by atoms with Gasteiger partial charge in [0, 0.05) is 11.6 Å². The van der Waals surface area contributed by atoms with Gasteiger partial charge in [0.1, 0.15) is 11.2 Å². The van der Waals surface area contributed by atoms with Gasteiger partial charge in [-0.25, -0.2) is 13.4 Å². The maximum atomic E-state index is 12.6. The van der Waals surface area contributed by atoms with Crippen LogP contribution in [0.2, 0.25) is 10.2 Å². The van der Waals surface area contributed by atoms with Crippen molar-refractivity contribution in [2.24, 2.45) is 0 Å². The minimum atomic E-state index is -4.09. The highest BCUT2D eigenvalue weighted by molar-refractivity contribution is 7.89. The largest absolute Gasteiger partial charge is 0.480 e. The monoisotopic (exact) mass is 414 g/mol. The van der Waals surface area contributed by atoms with Crippen LogP contribution in [0.5, 0.6) is 0 Å². The van der Waals surface area contributed by atoms with Crippen molar-refractivity contribution in [3.05, 3.63) is 52.9 Å². The van der Waals surface area contributed by atoms with Crippen molar-refractivity contribution in [3.63, 3.8) is 0 Å². The lowest BCUT2D eigenvalue weighted by molar-refractivity contribution is -0.139. The zero-order valence-corrected chi connectivity index (χ0v) is 15.3. The normalized spacial score (nSPS) is 13.0. The Labute approximate surface area is 158 Å². The molecule has 0 fully saturated rings. The Kier molecular flexibility index (Phi) is 5.15. The number of nitrogens with one attached hydrogen (secondary N) is 1. The number of nitrogens with zero attached hydrogens (tertiary/aromatic N) is 3. The Morgan fingerprint density at radius 2 is 2.04 bits per heavy atom. The number of carboxylic acid groups (broad SMARTS) is 1. The molecule has 3 rings (SSSR count). The smallest absolute Gasteiger partial charge is 0.323 e. The van der Waals surface area contributed by atoms with Gasteiger partial charge in [0.05, 0.1) is 28.2 Å². The lowest BCUT2D eigenvalue weighted by atomic mass is 10.2. The number of halogens is 2. The highest BCUT2D eigenvalue weighted by atomic mass is 35.5. The van der Waals surface area contributed by atoms with Gasteiger partial charge in [-0.15, -0.1) is 0 Å². The topological polar surface area (TPSA) is 114 Å². The predicted octanol–water partition coefficient (Wildman–Crippen LogP) is 2.17. The first-order valence-electron chi connectivity index (χ1n) is 7.24. The maximum Gasteiger partial charge on any atom is 0.323 e. The van der Waals surface area contributed by atoms with E-state index >= 15 is 0 Å². The van der Waals surface area contributed by atoms with Gasteiger partial charge in [0.15, 0.2) is 0 Å². The number of hydrogen-bond donors (Lipinski definition) is 2. The number of pyridine rings is 1. The van der Waals surface area contributed by atoms with Crippen molar-refractivity contribution in [2.75, 3.05) is 0 Å². The van der Waals surface area contributed by atoms with Crippen LogP contribution in [0.3, 0.4) is 0 Å². The molecular formula is C15H12Cl2N4O4S. The zero-order valence-electron chi connectivity index (χ0n) is 13.0. The quantitative estimate of drug-likeness (QED) is 0.597. The van der Waals surface area contributed by atoms with E-state index < -0.39 is 22.0 Å². The van der Waals surface area contributed by atoms with Crippen molar-refractivity contribution >= 4 is 50.1 Å². The van der Waals surface area contributed by atoms with E-state index in [-0.39, 0.29) is 16.6 Å². The second kappa shape index (κ2) is 7.20. The van der Waals surface area contributed by atoms with Crippen molar-refractivity contribution in [3.8, 4) is 0 Å². The van der Waals surface area contributed by atoms with Crippen molar-refractivity contribution in [1.29, 1.82) is 0 Å².